The molecule has 1 atom stereocenters. The number of aliphatic hydroxyl groups is 1. The van der Waals surface area contributed by atoms with Gasteiger partial charge >= 0.3 is 0 Å². The summed E-state index contributed by atoms with van der Waals surface area (Å²) in [6.07, 6.45) is 0. The first-order chi connectivity index (χ1) is 8.91. The van der Waals surface area contributed by atoms with E-state index in [9.17, 15) is 5.11 Å². The lowest BCUT2D eigenvalue weighted by atomic mass is 10.1. The Morgan fingerprint density at radius 2 is 1.42 bits per heavy atom. The summed E-state index contributed by atoms with van der Waals surface area (Å²) in [6.45, 7) is 8.62. The van der Waals surface area contributed by atoms with E-state index in [0.717, 1.165) is 5.56 Å². The molecule has 1 N–H and O–H groups in total. The summed E-state index contributed by atoms with van der Waals surface area (Å²) >= 11 is 0. The van der Waals surface area contributed by atoms with Crippen molar-refractivity contribution in [2.24, 2.45) is 0 Å². The highest BCUT2D eigenvalue weighted by atomic mass is 28.3. The number of hydrogen-bond donors (Lipinski definition) is 1. The van der Waals surface area contributed by atoms with Crippen molar-refractivity contribution in [1.82, 2.24) is 0 Å². The van der Waals surface area contributed by atoms with Crippen molar-refractivity contribution in [2.75, 3.05) is 0 Å². The lowest BCUT2D eigenvalue weighted by molar-refractivity contribution is 0.251. The van der Waals surface area contributed by atoms with Crippen LogP contribution in [0.1, 0.15) is 22.4 Å². The quantitative estimate of drug-likeness (QED) is 0.847. The number of benzene rings is 2. The van der Waals surface area contributed by atoms with Gasteiger partial charge in [-0.3, -0.25) is 0 Å². The molecule has 0 radical (unpaired) electrons. The zero-order chi connectivity index (χ0) is 14.0. The maximum absolute atomic E-state index is 10.8. The van der Waals surface area contributed by atoms with E-state index in [1.54, 1.807) is 0 Å². The van der Waals surface area contributed by atoms with Crippen molar-refractivity contribution in [1.29, 1.82) is 0 Å². The molecule has 2 aromatic carbocycles. The molecule has 0 unspecified atom stereocenters. The molecule has 0 aliphatic carbocycles. The lowest BCUT2D eigenvalue weighted by Crippen LogP contribution is -2.47. The summed E-state index contributed by atoms with van der Waals surface area (Å²) in [4.78, 5) is 0. The molecule has 19 heavy (non-hydrogen) atoms. The van der Waals surface area contributed by atoms with Crippen LogP contribution in [-0.2, 0) is 0 Å². The molecule has 0 aromatic heterocycles. The van der Waals surface area contributed by atoms with Crippen LogP contribution in [0.5, 0.6) is 0 Å². The summed E-state index contributed by atoms with van der Waals surface area (Å²) in [7, 11) is -1.91. The minimum Gasteiger partial charge on any atom is -0.392 e. The number of rotatable bonds is 3. The third-order valence-electron chi connectivity index (χ3n) is 3.76. The minimum atomic E-state index is -1.91. The molecule has 0 amide bonds. The Morgan fingerprint density at radius 1 is 0.895 bits per heavy atom. The van der Waals surface area contributed by atoms with Gasteiger partial charge in [0, 0.05) is 0 Å². The van der Waals surface area contributed by atoms with Crippen LogP contribution in [-0.4, -0.2) is 13.2 Å². The first-order valence-corrected chi connectivity index (χ1v) is 9.81. The van der Waals surface area contributed by atoms with Crippen LogP contribution in [0.4, 0.5) is 0 Å². The van der Waals surface area contributed by atoms with Crippen molar-refractivity contribution >= 4 is 13.3 Å². The molecule has 0 heterocycles. The van der Waals surface area contributed by atoms with Crippen molar-refractivity contribution in [3.63, 3.8) is 0 Å². The second-order valence-electron chi connectivity index (χ2n) is 5.91. The lowest BCUT2D eigenvalue weighted by Gasteiger charge is -2.29. The monoisotopic (exact) mass is 270 g/mol. The second kappa shape index (κ2) is 5.31. The molecule has 0 aliphatic heterocycles. The topological polar surface area (TPSA) is 20.2 Å². The standard InChI is InChI=1S/C17H22OSi/c1-13-10-14(2)12-15(11-13)17(18)19(3,4)16-8-6-5-7-9-16/h5-12,17-18H,1-4H3/t17-/m0/s1. The summed E-state index contributed by atoms with van der Waals surface area (Å²) in [5.74, 6) is 0. The third kappa shape index (κ3) is 2.96. The second-order valence-corrected chi connectivity index (χ2v) is 10.5. The van der Waals surface area contributed by atoms with Crippen LogP contribution in [0.3, 0.4) is 0 Å². The molecule has 2 heteroatoms. The van der Waals surface area contributed by atoms with E-state index >= 15 is 0 Å². The highest BCUT2D eigenvalue weighted by Crippen LogP contribution is 2.26. The van der Waals surface area contributed by atoms with Gasteiger partial charge in [-0.25, -0.2) is 0 Å². The molecule has 0 saturated carbocycles. The summed E-state index contributed by atoms with van der Waals surface area (Å²) < 4.78 is 0. The summed E-state index contributed by atoms with van der Waals surface area (Å²) in [5.41, 5.74) is 3.12. The molecule has 0 aliphatic rings. The summed E-state index contributed by atoms with van der Waals surface area (Å²) in [5, 5.41) is 12.1. The average Bonchev–Trinajstić information content (AvgIpc) is 2.37. The molecule has 2 rings (SSSR count). The zero-order valence-electron chi connectivity index (χ0n) is 12.1. The van der Waals surface area contributed by atoms with Gasteiger partial charge in [-0.2, -0.15) is 0 Å². The molecular weight excluding hydrogens is 248 g/mol. The Morgan fingerprint density at radius 3 is 1.95 bits per heavy atom. The van der Waals surface area contributed by atoms with Crippen molar-refractivity contribution in [3.05, 3.63) is 65.2 Å². The van der Waals surface area contributed by atoms with E-state index < -0.39 is 8.07 Å². The van der Waals surface area contributed by atoms with E-state index in [0.29, 0.717) is 0 Å². The maximum Gasteiger partial charge on any atom is 0.118 e. The fourth-order valence-corrected chi connectivity index (χ4v) is 4.98. The highest BCUT2D eigenvalue weighted by Gasteiger charge is 2.33. The van der Waals surface area contributed by atoms with Crippen molar-refractivity contribution in [2.45, 2.75) is 32.7 Å². The Bertz CT molecular complexity index is 540. The van der Waals surface area contributed by atoms with Crippen LogP contribution in [0, 0.1) is 13.8 Å². The van der Waals surface area contributed by atoms with Gasteiger partial charge in [-0.05, 0) is 19.4 Å². The fourth-order valence-electron chi connectivity index (χ4n) is 2.61. The van der Waals surface area contributed by atoms with E-state index in [1.165, 1.54) is 16.3 Å². The fraction of sp³-hybridized carbons (Fsp3) is 0.294. The Kier molecular flexibility index (Phi) is 3.93. The Hall–Kier alpha value is -1.38. The van der Waals surface area contributed by atoms with Gasteiger partial charge in [0.1, 0.15) is 8.07 Å². The Labute approximate surface area is 116 Å². The van der Waals surface area contributed by atoms with Gasteiger partial charge in [0.25, 0.3) is 0 Å². The van der Waals surface area contributed by atoms with E-state index in [4.69, 9.17) is 0 Å². The predicted octanol–water partition coefficient (Wildman–Crippen LogP) is 3.49. The minimum absolute atomic E-state index is 0.367. The molecule has 0 saturated heterocycles. The molecule has 0 spiro atoms. The van der Waals surface area contributed by atoms with E-state index in [2.05, 4.69) is 69.4 Å². The SMILES string of the molecule is Cc1cc(C)cc([C@@H](O)[Si](C)(C)c2ccccc2)c1. The molecule has 0 fully saturated rings. The first kappa shape index (κ1) is 14.0. The summed E-state index contributed by atoms with van der Waals surface area (Å²) in [6, 6.07) is 16.8. The van der Waals surface area contributed by atoms with Crippen LogP contribution in [0.25, 0.3) is 0 Å². The zero-order valence-corrected chi connectivity index (χ0v) is 13.1. The molecule has 100 valence electrons. The van der Waals surface area contributed by atoms with Gasteiger partial charge in [0.15, 0.2) is 0 Å². The highest BCUT2D eigenvalue weighted by molar-refractivity contribution is 6.90. The molecular formula is C17H22OSi. The van der Waals surface area contributed by atoms with Gasteiger partial charge in [-0.15, -0.1) is 0 Å². The van der Waals surface area contributed by atoms with Crippen LogP contribution in [0.15, 0.2) is 48.5 Å². The van der Waals surface area contributed by atoms with Gasteiger partial charge in [0.05, 0.1) is 5.73 Å². The molecule has 0 bridgehead atoms. The van der Waals surface area contributed by atoms with Crippen LogP contribution in [0.2, 0.25) is 13.1 Å². The average molecular weight is 270 g/mol. The van der Waals surface area contributed by atoms with Crippen LogP contribution >= 0.6 is 0 Å². The van der Waals surface area contributed by atoms with Crippen molar-refractivity contribution < 1.29 is 5.11 Å². The van der Waals surface area contributed by atoms with E-state index in [-0.39, 0.29) is 5.73 Å². The van der Waals surface area contributed by atoms with Crippen molar-refractivity contribution in [3.8, 4) is 0 Å². The molecule has 2 aromatic rings. The number of hydrogen-bond acceptors (Lipinski definition) is 1. The van der Waals surface area contributed by atoms with Gasteiger partial charge < -0.3 is 5.11 Å². The van der Waals surface area contributed by atoms with Gasteiger partial charge in [0.2, 0.25) is 0 Å². The maximum atomic E-state index is 10.8. The first-order valence-electron chi connectivity index (χ1n) is 6.73. The number of aryl methyl sites for hydroxylation is 2. The van der Waals surface area contributed by atoms with Crippen LogP contribution < -0.4 is 5.19 Å². The Balaban J connectivity index is 2.40. The molecule has 1 nitrogen and oxygen atoms in total. The smallest absolute Gasteiger partial charge is 0.118 e. The third-order valence-corrected chi connectivity index (χ3v) is 7.28. The predicted molar refractivity (Wildman–Crippen MR) is 84.4 cm³/mol. The number of aliphatic hydroxyl groups excluding tert-OH is 1. The normalized spacial score (nSPS) is 13.3. The van der Waals surface area contributed by atoms with E-state index in [1.807, 2.05) is 6.07 Å². The van der Waals surface area contributed by atoms with Gasteiger partial charge in [-0.1, -0.05) is 77.9 Å². The largest absolute Gasteiger partial charge is 0.392 e.